The van der Waals surface area contributed by atoms with Crippen molar-refractivity contribution >= 4 is 5.84 Å². The average molecular weight is 128 g/mol. The normalized spacial score (nSPS) is 11.4. The average Bonchev–Trinajstić information content (AvgIpc) is 1.86. The predicted molar refractivity (Wildman–Crippen MR) is 40.6 cm³/mol. The molecule has 0 saturated carbocycles. The molecule has 3 N–H and O–H groups in total. The molecule has 0 spiro atoms. The van der Waals surface area contributed by atoms with Crippen molar-refractivity contribution in [1.82, 2.24) is 0 Å². The number of nitrogens with one attached hydrogen (secondary N) is 1. The first-order chi connectivity index (χ1) is 4.06. The molecule has 0 aromatic heterocycles. The van der Waals surface area contributed by atoms with Crippen molar-refractivity contribution in [2.45, 2.75) is 33.6 Å². The van der Waals surface area contributed by atoms with E-state index in [2.05, 4.69) is 13.8 Å². The fourth-order valence-corrected chi connectivity index (χ4v) is 0.631. The molecule has 2 heteroatoms. The summed E-state index contributed by atoms with van der Waals surface area (Å²) in [6.07, 6.45) is 1.91. The van der Waals surface area contributed by atoms with Crippen LogP contribution in [0.25, 0.3) is 0 Å². The molecule has 2 nitrogen and oxygen atoms in total. The molecule has 0 amide bonds. The number of amidine groups is 1. The molecule has 0 bridgehead atoms. The Morgan fingerprint density at radius 3 is 1.78 bits per heavy atom. The van der Waals surface area contributed by atoms with Crippen LogP contribution in [0.3, 0.4) is 0 Å². The van der Waals surface area contributed by atoms with E-state index in [1.54, 1.807) is 0 Å². The number of hydrogen-bond acceptors (Lipinski definition) is 1. The van der Waals surface area contributed by atoms with Crippen LogP contribution in [0.2, 0.25) is 0 Å². The monoisotopic (exact) mass is 128 g/mol. The molecule has 0 unspecified atom stereocenters. The van der Waals surface area contributed by atoms with E-state index in [-0.39, 0.29) is 5.41 Å². The van der Waals surface area contributed by atoms with Crippen LogP contribution in [-0.4, -0.2) is 5.84 Å². The van der Waals surface area contributed by atoms with Crippen molar-refractivity contribution in [1.29, 1.82) is 5.41 Å². The second kappa shape index (κ2) is 2.85. The molecule has 0 aliphatic rings. The summed E-state index contributed by atoms with van der Waals surface area (Å²) in [5, 5.41) is 7.23. The molecule has 0 aliphatic heterocycles. The first-order valence-electron chi connectivity index (χ1n) is 3.41. The minimum Gasteiger partial charge on any atom is -0.387 e. The quantitative estimate of drug-likeness (QED) is 0.441. The zero-order chi connectivity index (χ0) is 7.49. The Balaban J connectivity index is 4.09. The molecular weight excluding hydrogens is 112 g/mol. The second-order valence-corrected chi connectivity index (χ2v) is 2.68. The van der Waals surface area contributed by atoms with Crippen LogP contribution in [0.1, 0.15) is 33.6 Å². The number of nitrogens with two attached hydrogens (primary N) is 1. The van der Waals surface area contributed by atoms with Crippen molar-refractivity contribution in [3.05, 3.63) is 0 Å². The van der Waals surface area contributed by atoms with Gasteiger partial charge in [0.2, 0.25) is 0 Å². The van der Waals surface area contributed by atoms with E-state index in [1.807, 2.05) is 6.92 Å². The fraction of sp³-hybridized carbons (Fsp3) is 0.857. The topological polar surface area (TPSA) is 49.9 Å². The zero-order valence-electron chi connectivity index (χ0n) is 6.49. The molecule has 0 saturated heterocycles. The summed E-state index contributed by atoms with van der Waals surface area (Å²) < 4.78 is 0. The van der Waals surface area contributed by atoms with Crippen molar-refractivity contribution in [2.24, 2.45) is 11.1 Å². The summed E-state index contributed by atoms with van der Waals surface area (Å²) in [6.45, 7) is 6.14. The van der Waals surface area contributed by atoms with Crippen molar-refractivity contribution < 1.29 is 0 Å². The maximum Gasteiger partial charge on any atom is 0.0965 e. The summed E-state index contributed by atoms with van der Waals surface area (Å²) in [5.41, 5.74) is 5.32. The Labute approximate surface area is 57.0 Å². The highest BCUT2D eigenvalue weighted by Gasteiger charge is 2.22. The third kappa shape index (κ3) is 1.70. The minimum absolute atomic E-state index is 0.0556. The Morgan fingerprint density at radius 1 is 1.44 bits per heavy atom. The Hall–Kier alpha value is -0.530. The van der Waals surface area contributed by atoms with Gasteiger partial charge in [0.1, 0.15) is 0 Å². The maximum atomic E-state index is 7.23. The SMILES string of the molecule is CCC(C)(CC)C(=N)N. The van der Waals surface area contributed by atoms with Crippen LogP contribution in [0.5, 0.6) is 0 Å². The van der Waals surface area contributed by atoms with Gasteiger partial charge in [-0.05, 0) is 12.8 Å². The van der Waals surface area contributed by atoms with E-state index in [1.165, 1.54) is 0 Å². The molecule has 0 rings (SSSR count). The van der Waals surface area contributed by atoms with Crippen molar-refractivity contribution in [2.75, 3.05) is 0 Å². The molecule has 54 valence electrons. The Kier molecular flexibility index (Phi) is 2.68. The standard InChI is InChI=1S/C7H16N2/c1-4-7(3,5-2)6(8)9/h4-5H2,1-3H3,(H3,8,9). The van der Waals surface area contributed by atoms with Crippen LogP contribution in [-0.2, 0) is 0 Å². The molecule has 0 fully saturated rings. The third-order valence-corrected chi connectivity index (χ3v) is 2.21. The van der Waals surface area contributed by atoms with Gasteiger partial charge in [0, 0.05) is 5.41 Å². The summed E-state index contributed by atoms with van der Waals surface area (Å²) in [4.78, 5) is 0. The largest absolute Gasteiger partial charge is 0.387 e. The van der Waals surface area contributed by atoms with Crippen molar-refractivity contribution in [3.8, 4) is 0 Å². The van der Waals surface area contributed by atoms with Gasteiger partial charge in [-0.1, -0.05) is 20.8 Å². The molecule has 0 aliphatic carbocycles. The molecule has 0 aromatic rings. The van der Waals surface area contributed by atoms with E-state index >= 15 is 0 Å². The van der Waals surface area contributed by atoms with Gasteiger partial charge in [-0.3, -0.25) is 5.41 Å². The number of hydrogen-bond donors (Lipinski definition) is 2. The van der Waals surface area contributed by atoms with E-state index in [4.69, 9.17) is 11.1 Å². The highest BCUT2D eigenvalue weighted by Crippen LogP contribution is 2.23. The van der Waals surface area contributed by atoms with Crippen LogP contribution in [0, 0.1) is 10.8 Å². The van der Waals surface area contributed by atoms with Gasteiger partial charge in [-0.2, -0.15) is 0 Å². The van der Waals surface area contributed by atoms with Gasteiger partial charge in [0.25, 0.3) is 0 Å². The molecule has 9 heavy (non-hydrogen) atoms. The van der Waals surface area contributed by atoms with Gasteiger partial charge < -0.3 is 5.73 Å². The highest BCUT2D eigenvalue weighted by atomic mass is 14.7. The highest BCUT2D eigenvalue weighted by molar-refractivity contribution is 5.82. The Morgan fingerprint density at radius 2 is 1.78 bits per heavy atom. The van der Waals surface area contributed by atoms with E-state index in [0.717, 1.165) is 12.8 Å². The second-order valence-electron chi connectivity index (χ2n) is 2.68. The summed E-state index contributed by atoms with van der Waals surface area (Å²) >= 11 is 0. The van der Waals surface area contributed by atoms with Crippen LogP contribution in [0.15, 0.2) is 0 Å². The van der Waals surface area contributed by atoms with E-state index in [0.29, 0.717) is 5.84 Å². The maximum absolute atomic E-state index is 7.23. The molecular formula is C7H16N2. The summed E-state index contributed by atoms with van der Waals surface area (Å²) in [5.74, 6) is 0.313. The minimum atomic E-state index is -0.0556. The molecule has 0 radical (unpaired) electrons. The smallest absolute Gasteiger partial charge is 0.0965 e. The lowest BCUT2D eigenvalue weighted by Crippen LogP contribution is -2.32. The molecule has 0 atom stereocenters. The third-order valence-electron chi connectivity index (χ3n) is 2.21. The van der Waals surface area contributed by atoms with Gasteiger partial charge >= 0.3 is 0 Å². The van der Waals surface area contributed by atoms with E-state index in [9.17, 15) is 0 Å². The lowest BCUT2D eigenvalue weighted by atomic mass is 9.84. The first kappa shape index (κ1) is 8.47. The van der Waals surface area contributed by atoms with Gasteiger partial charge in [0.05, 0.1) is 5.84 Å². The van der Waals surface area contributed by atoms with Gasteiger partial charge in [-0.25, -0.2) is 0 Å². The van der Waals surface area contributed by atoms with Crippen molar-refractivity contribution in [3.63, 3.8) is 0 Å². The lowest BCUT2D eigenvalue weighted by Gasteiger charge is -2.24. The van der Waals surface area contributed by atoms with E-state index < -0.39 is 0 Å². The fourth-order valence-electron chi connectivity index (χ4n) is 0.631. The summed E-state index contributed by atoms with van der Waals surface area (Å²) in [7, 11) is 0. The Bertz CT molecular complexity index is 103. The van der Waals surface area contributed by atoms with Crippen LogP contribution in [0.4, 0.5) is 0 Å². The number of rotatable bonds is 3. The van der Waals surface area contributed by atoms with Gasteiger partial charge in [0.15, 0.2) is 0 Å². The molecule has 0 heterocycles. The van der Waals surface area contributed by atoms with Gasteiger partial charge in [-0.15, -0.1) is 0 Å². The first-order valence-corrected chi connectivity index (χ1v) is 3.41. The predicted octanol–water partition coefficient (Wildman–Crippen LogP) is 1.75. The molecule has 0 aromatic carbocycles. The zero-order valence-corrected chi connectivity index (χ0v) is 6.49. The lowest BCUT2D eigenvalue weighted by molar-refractivity contribution is 0.427. The summed E-state index contributed by atoms with van der Waals surface area (Å²) in [6, 6.07) is 0. The van der Waals surface area contributed by atoms with Crippen LogP contribution < -0.4 is 5.73 Å². The van der Waals surface area contributed by atoms with Crippen LogP contribution >= 0.6 is 0 Å².